The summed E-state index contributed by atoms with van der Waals surface area (Å²) in [5, 5.41) is 0. The molecule has 0 aliphatic carbocycles. The third-order valence-electron chi connectivity index (χ3n) is 3.75. The Balaban J connectivity index is 1.96. The molecule has 10 heteroatoms. The molecule has 1 saturated heterocycles. The van der Waals surface area contributed by atoms with E-state index in [-0.39, 0.29) is 12.1 Å². The normalized spacial score (nSPS) is 20.0. The van der Waals surface area contributed by atoms with E-state index in [1.54, 1.807) is 26.8 Å². The predicted octanol–water partition coefficient (Wildman–Crippen LogP) is 2.34. The Hall–Kier alpha value is -2.23. The number of nitrogens with one attached hydrogen (secondary N) is 2. The van der Waals surface area contributed by atoms with Crippen LogP contribution in [0.15, 0.2) is 22.8 Å². The topological polar surface area (TPSA) is 101 Å². The number of rotatable bonds is 2. The molecular formula is C17H22BrFN4O4. The van der Waals surface area contributed by atoms with Crippen LogP contribution in [0.2, 0.25) is 0 Å². The molecule has 148 valence electrons. The Morgan fingerprint density at radius 1 is 1.33 bits per heavy atom. The maximum absolute atomic E-state index is 15.1. The lowest BCUT2D eigenvalue weighted by atomic mass is 9.94. The van der Waals surface area contributed by atoms with Gasteiger partial charge < -0.3 is 9.64 Å². The number of hydrogen-bond donors (Lipinski definition) is 2. The number of aromatic nitrogens is 1. The number of pyridine rings is 1. The van der Waals surface area contributed by atoms with E-state index in [0.29, 0.717) is 17.4 Å². The van der Waals surface area contributed by atoms with Crippen molar-refractivity contribution in [3.05, 3.63) is 28.5 Å². The smallest absolute Gasteiger partial charge is 0.410 e. The number of carbonyl (C=O) groups is 3. The van der Waals surface area contributed by atoms with Gasteiger partial charge >= 0.3 is 6.09 Å². The van der Waals surface area contributed by atoms with E-state index in [1.165, 1.54) is 12.3 Å². The molecule has 1 atom stereocenters. The molecule has 1 aromatic rings. The summed E-state index contributed by atoms with van der Waals surface area (Å²) in [6.07, 6.45) is 0.962. The molecule has 2 heterocycles. The summed E-state index contributed by atoms with van der Waals surface area (Å²) < 4.78 is 20.9. The van der Waals surface area contributed by atoms with E-state index in [1.807, 2.05) is 0 Å². The van der Waals surface area contributed by atoms with Crippen LogP contribution >= 0.6 is 15.9 Å². The Kier molecular flexibility index (Phi) is 6.40. The SMILES string of the molecule is CC(C)(C)OC(=O)N1CCCC(F)(C(=O)NNC(=O)c2cc(Br)ccn2)C1. The molecule has 1 aromatic heterocycles. The molecule has 2 N–H and O–H groups in total. The highest BCUT2D eigenvalue weighted by Crippen LogP contribution is 2.26. The minimum atomic E-state index is -2.33. The van der Waals surface area contributed by atoms with Crippen LogP contribution < -0.4 is 10.9 Å². The molecule has 0 radical (unpaired) electrons. The van der Waals surface area contributed by atoms with Crippen LogP contribution in [0.3, 0.4) is 0 Å². The summed E-state index contributed by atoms with van der Waals surface area (Å²) in [6, 6.07) is 3.09. The van der Waals surface area contributed by atoms with Crippen molar-refractivity contribution in [3.8, 4) is 0 Å². The van der Waals surface area contributed by atoms with Gasteiger partial charge in [0.15, 0.2) is 0 Å². The van der Waals surface area contributed by atoms with Crippen LogP contribution in [0.1, 0.15) is 44.1 Å². The first kappa shape index (κ1) is 21.1. The molecule has 0 aromatic carbocycles. The Morgan fingerprint density at radius 3 is 2.67 bits per heavy atom. The standard InChI is InChI=1S/C17H22BrFN4O4/c1-16(2,3)27-15(26)23-8-4-6-17(19,10-23)14(25)22-21-13(24)12-9-11(18)5-7-20-12/h5,7,9H,4,6,8,10H2,1-3H3,(H,21,24)(H,22,25). The second-order valence-electron chi connectivity index (χ2n) is 7.24. The fourth-order valence-corrected chi connectivity index (χ4v) is 2.83. The van der Waals surface area contributed by atoms with Crippen LogP contribution in [0.4, 0.5) is 9.18 Å². The number of likely N-dealkylation sites (tertiary alicyclic amines) is 1. The summed E-state index contributed by atoms with van der Waals surface area (Å²) in [4.78, 5) is 41.4. The van der Waals surface area contributed by atoms with Crippen molar-refractivity contribution in [3.63, 3.8) is 0 Å². The zero-order valence-corrected chi connectivity index (χ0v) is 16.9. The third-order valence-corrected chi connectivity index (χ3v) is 4.24. The summed E-state index contributed by atoms with van der Waals surface area (Å²) >= 11 is 3.21. The lowest BCUT2D eigenvalue weighted by molar-refractivity contribution is -0.137. The van der Waals surface area contributed by atoms with E-state index in [2.05, 4.69) is 31.8 Å². The van der Waals surface area contributed by atoms with Gasteiger partial charge in [-0.2, -0.15) is 0 Å². The first-order valence-electron chi connectivity index (χ1n) is 8.39. The summed E-state index contributed by atoms with van der Waals surface area (Å²) in [5.41, 5.74) is 1.21. The van der Waals surface area contributed by atoms with Crippen LogP contribution in [-0.4, -0.2) is 52.2 Å². The highest BCUT2D eigenvalue weighted by atomic mass is 79.9. The van der Waals surface area contributed by atoms with Gasteiger partial charge in [0, 0.05) is 17.2 Å². The van der Waals surface area contributed by atoms with Gasteiger partial charge in [-0.05, 0) is 45.7 Å². The first-order valence-corrected chi connectivity index (χ1v) is 9.19. The lowest BCUT2D eigenvalue weighted by Gasteiger charge is -2.36. The van der Waals surface area contributed by atoms with Crippen molar-refractivity contribution in [1.29, 1.82) is 0 Å². The minimum Gasteiger partial charge on any atom is -0.444 e. The number of hydrogen-bond acceptors (Lipinski definition) is 5. The van der Waals surface area contributed by atoms with Crippen molar-refractivity contribution in [2.24, 2.45) is 0 Å². The van der Waals surface area contributed by atoms with E-state index in [9.17, 15) is 14.4 Å². The van der Waals surface area contributed by atoms with Gasteiger partial charge in [0.05, 0.1) is 6.54 Å². The van der Waals surface area contributed by atoms with Gasteiger partial charge in [-0.3, -0.25) is 25.4 Å². The molecule has 3 amide bonds. The maximum atomic E-state index is 15.1. The van der Waals surface area contributed by atoms with E-state index in [4.69, 9.17) is 4.74 Å². The number of nitrogens with zero attached hydrogens (tertiary/aromatic N) is 2. The first-order chi connectivity index (χ1) is 12.5. The van der Waals surface area contributed by atoms with Gasteiger partial charge in [-0.25, -0.2) is 9.18 Å². The van der Waals surface area contributed by atoms with E-state index >= 15 is 4.39 Å². The number of piperidine rings is 1. The van der Waals surface area contributed by atoms with Crippen LogP contribution in [-0.2, 0) is 9.53 Å². The van der Waals surface area contributed by atoms with Gasteiger partial charge in [0.25, 0.3) is 11.8 Å². The average Bonchev–Trinajstić information content (AvgIpc) is 2.58. The molecule has 2 rings (SSSR count). The monoisotopic (exact) mass is 444 g/mol. The number of ether oxygens (including phenoxy) is 1. The fourth-order valence-electron chi connectivity index (χ4n) is 2.50. The van der Waals surface area contributed by atoms with Crippen molar-refractivity contribution < 1.29 is 23.5 Å². The third kappa shape index (κ3) is 5.88. The van der Waals surface area contributed by atoms with Crippen molar-refractivity contribution >= 4 is 33.8 Å². The van der Waals surface area contributed by atoms with Gasteiger partial charge in [-0.15, -0.1) is 0 Å². The molecular weight excluding hydrogens is 423 g/mol. The van der Waals surface area contributed by atoms with Crippen molar-refractivity contribution in [2.45, 2.75) is 44.9 Å². The zero-order chi connectivity index (χ0) is 20.2. The molecule has 1 unspecified atom stereocenters. The summed E-state index contributed by atoms with van der Waals surface area (Å²) in [7, 11) is 0. The summed E-state index contributed by atoms with van der Waals surface area (Å²) in [6.45, 7) is 4.96. The molecule has 8 nitrogen and oxygen atoms in total. The van der Waals surface area contributed by atoms with Crippen molar-refractivity contribution in [1.82, 2.24) is 20.7 Å². The molecule has 0 saturated carbocycles. The molecule has 1 aliphatic rings. The van der Waals surface area contributed by atoms with E-state index in [0.717, 1.165) is 4.90 Å². The Labute approximate surface area is 164 Å². The molecule has 1 aliphatic heterocycles. The molecule has 27 heavy (non-hydrogen) atoms. The van der Waals surface area contributed by atoms with E-state index < -0.39 is 35.7 Å². The highest BCUT2D eigenvalue weighted by molar-refractivity contribution is 9.10. The quantitative estimate of drug-likeness (QED) is 0.681. The van der Waals surface area contributed by atoms with Crippen LogP contribution in [0.5, 0.6) is 0 Å². The zero-order valence-electron chi connectivity index (χ0n) is 15.3. The second kappa shape index (κ2) is 8.20. The number of alkyl halides is 1. The molecule has 1 fully saturated rings. The number of carbonyl (C=O) groups excluding carboxylic acids is 3. The van der Waals surface area contributed by atoms with Crippen molar-refractivity contribution in [2.75, 3.05) is 13.1 Å². The second-order valence-corrected chi connectivity index (χ2v) is 8.15. The van der Waals surface area contributed by atoms with Crippen LogP contribution in [0.25, 0.3) is 0 Å². The number of hydrazine groups is 1. The maximum Gasteiger partial charge on any atom is 0.410 e. The molecule has 0 spiro atoms. The minimum absolute atomic E-state index is 0.0524. The number of amides is 3. The highest BCUT2D eigenvalue weighted by Gasteiger charge is 2.45. The predicted molar refractivity (Wildman–Crippen MR) is 98.4 cm³/mol. The lowest BCUT2D eigenvalue weighted by Crippen LogP contribution is -2.59. The largest absolute Gasteiger partial charge is 0.444 e. The van der Waals surface area contributed by atoms with Gasteiger partial charge in [0.1, 0.15) is 11.3 Å². The van der Waals surface area contributed by atoms with Gasteiger partial charge in [-0.1, -0.05) is 15.9 Å². The Morgan fingerprint density at radius 2 is 2.04 bits per heavy atom. The fraction of sp³-hybridized carbons (Fsp3) is 0.529. The number of halogens is 2. The summed E-state index contributed by atoms with van der Waals surface area (Å²) in [5.74, 6) is -1.72. The molecule has 0 bridgehead atoms. The average molecular weight is 445 g/mol. The van der Waals surface area contributed by atoms with Gasteiger partial charge in [0.2, 0.25) is 5.67 Å². The van der Waals surface area contributed by atoms with Crippen LogP contribution in [0, 0.1) is 0 Å². The Bertz CT molecular complexity index is 740.